The molecule has 1 unspecified atom stereocenters. The lowest BCUT2D eigenvalue weighted by molar-refractivity contribution is 0.0378. The number of nitrogens with one attached hydrogen (secondary N) is 1. The molecule has 0 radical (unpaired) electrons. The van der Waals surface area contributed by atoms with Gasteiger partial charge in [-0.05, 0) is 25.1 Å². The third kappa shape index (κ3) is 2.77. The highest BCUT2D eigenvalue weighted by Crippen LogP contribution is 2.48. The van der Waals surface area contributed by atoms with Gasteiger partial charge in [-0.2, -0.15) is 0 Å². The SMILES string of the molecule is COc1cc(N2C(=O)NC3C[C@]2(C)Oc2ccc(Cl)cc23)cc(OC)c1OC. The Morgan fingerprint density at radius 3 is 2.43 bits per heavy atom. The second kappa shape index (κ2) is 6.67. The Balaban J connectivity index is 1.81. The lowest BCUT2D eigenvalue weighted by Crippen LogP contribution is -2.65. The van der Waals surface area contributed by atoms with Gasteiger partial charge in [0.1, 0.15) is 5.75 Å². The second-order valence-electron chi connectivity index (χ2n) is 6.88. The van der Waals surface area contributed by atoms with Crippen molar-refractivity contribution in [3.8, 4) is 23.0 Å². The molecule has 2 bridgehead atoms. The molecule has 2 heterocycles. The number of anilines is 1. The summed E-state index contributed by atoms with van der Waals surface area (Å²) < 4.78 is 22.5. The van der Waals surface area contributed by atoms with Crippen LogP contribution < -0.4 is 29.2 Å². The van der Waals surface area contributed by atoms with Crippen molar-refractivity contribution in [3.63, 3.8) is 0 Å². The Morgan fingerprint density at radius 2 is 1.82 bits per heavy atom. The molecule has 148 valence electrons. The highest BCUT2D eigenvalue weighted by atomic mass is 35.5. The van der Waals surface area contributed by atoms with Gasteiger partial charge in [0.25, 0.3) is 0 Å². The van der Waals surface area contributed by atoms with Crippen molar-refractivity contribution < 1.29 is 23.7 Å². The molecule has 2 amide bonds. The predicted octanol–water partition coefficient (Wildman–Crippen LogP) is 4.14. The molecule has 2 atom stereocenters. The van der Waals surface area contributed by atoms with Gasteiger partial charge in [-0.15, -0.1) is 0 Å². The van der Waals surface area contributed by atoms with Crippen LogP contribution in [0.5, 0.6) is 23.0 Å². The molecule has 7 nitrogen and oxygen atoms in total. The van der Waals surface area contributed by atoms with Crippen molar-refractivity contribution in [1.29, 1.82) is 0 Å². The summed E-state index contributed by atoms with van der Waals surface area (Å²) in [6.45, 7) is 1.89. The fourth-order valence-corrected chi connectivity index (χ4v) is 4.11. The van der Waals surface area contributed by atoms with Crippen LogP contribution in [0.3, 0.4) is 0 Å². The normalized spacial score (nSPS) is 22.7. The molecule has 28 heavy (non-hydrogen) atoms. The largest absolute Gasteiger partial charge is 0.493 e. The van der Waals surface area contributed by atoms with E-state index in [9.17, 15) is 4.79 Å². The van der Waals surface area contributed by atoms with Gasteiger partial charge < -0.3 is 24.3 Å². The van der Waals surface area contributed by atoms with Gasteiger partial charge in [-0.25, -0.2) is 4.79 Å². The first-order chi connectivity index (χ1) is 13.4. The van der Waals surface area contributed by atoms with Crippen LogP contribution in [0, 0.1) is 0 Å². The Labute approximate surface area is 168 Å². The average molecular weight is 405 g/mol. The molecular formula is C20H21ClN2O5. The maximum atomic E-state index is 13.1. The molecular weight excluding hydrogens is 384 g/mol. The van der Waals surface area contributed by atoms with Crippen LogP contribution in [-0.2, 0) is 0 Å². The summed E-state index contributed by atoms with van der Waals surface area (Å²) in [6, 6.07) is 8.43. The smallest absolute Gasteiger partial charge is 0.325 e. The summed E-state index contributed by atoms with van der Waals surface area (Å²) >= 11 is 6.13. The van der Waals surface area contributed by atoms with E-state index in [0.717, 1.165) is 5.56 Å². The number of urea groups is 1. The van der Waals surface area contributed by atoms with Gasteiger partial charge in [0.15, 0.2) is 17.2 Å². The molecule has 4 rings (SSSR count). The fraction of sp³-hybridized carbons (Fsp3) is 0.350. The van der Waals surface area contributed by atoms with Gasteiger partial charge in [-0.1, -0.05) is 11.6 Å². The van der Waals surface area contributed by atoms with Crippen molar-refractivity contribution in [1.82, 2.24) is 5.32 Å². The number of amides is 2. The zero-order valence-corrected chi connectivity index (χ0v) is 16.8. The highest BCUT2D eigenvalue weighted by Gasteiger charge is 2.50. The molecule has 0 saturated carbocycles. The number of hydrogen-bond acceptors (Lipinski definition) is 5. The first-order valence-corrected chi connectivity index (χ1v) is 9.17. The van der Waals surface area contributed by atoms with Crippen LogP contribution in [0.25, 0.3) is 0 Å². The van der Waals surface area contributed by atoms with E-state index in [1.165, 1.54) is 21.3 Å². The van der Waals surface area contributed by atoms with Gasteiger partial charge in [0.05, 0.1) is 33.1 Å². The Morgan fingerprint density at radius 1 is 1.14 bits per heavy atom. The zero-order valence-electron chi connectivity index (χ0n) is 16.0. The van der Waals surface area contributed by atoms with Crippen LogP contribution in [0.15, 0.2) is 30.3 Å². The topological polar surface area (TPSA) is 69.3 Å². The summed E-state index contributed by atoms with van der Waals surface area (Å²) in [4.78, 5) is 14.6. The Kier molecular flexibility index (Phi) is 4.42. The number of carbonyl (C=O) groups excluding carboxylic acids is 1. The Hall–Kier alpha value is -2.80. The van der Waals surface area contributed by atoms with E-state index in [1.807, 2.05) is 19.1 Å². The summed E-state index contributed by atoms with van der Waals surface area (Å²) in [6.07, 6.45) is 0.558. The lowest BCUT2D eigenvalue weighted by Gasteiger charge is -2.50. The van der Waals surface area contributed by atoms with E-state index in [-0.39, 0.29) is 12.1 Å². The highest BCUT2D eigenvalue weighted by molar-refractivity contribution is 6.30. The van der Waals surface area contributed by atoms with E-state index < -0.39 is 5.72 Å². The molecule has 0 spiro atoms. The van der Waals surface area contributed by atoms with Crippen molar-refractivity contribution in [3.05, 3.63) is 40.9 Å². The van der Waals surface area contributed by atoms with Gasteiger partial charge in [-0.3, -0.25) is 4.90 Å². The lowest BCUT2D eigenvalue weighted by atomic mass is 9.90. The summed E-state index contributed by atoms with van der Waals surface area (Å²) in [7, 11) is 4.60. The summed E-state index contributed by atoms with van der Waals surface area (Å²) in [5.74, 6) is 2.07. The molecule has 0 aromatic heterocycles. The number of rotatable bonds is 4. The van der Waals surface area contributed by atoms with Gasteiger partial charge in [0, 0.05) is 29.1 Å². The number of ether oxygens (including phenoxy) is 4. The number of halogens is 1. The first-order valence-electron chi connectivity index (χ1n) is 8.79. The quantitative estimate of drug-likeness (QED) is 0.829. The van der Waals surface area contributed by atoms with Gasteiger partial charge >= 0.3 is 6.03 Å². The van der Waals surface area contributed by atoms with Crippen LogP contribution in [0.1, 0.15) is 24.9 Å². The number of carbonyl (C=O) groups is 1. The van der Waals surface area contributed by atoms with Crippen molar-refractivity contribution in [2.75, 3.05) is 26.2 Å². The fourth-order valence-electron chi connectivity index (χ4n) is 3.93. The minimum atomic E-state index is -0.890. The van der Waals surface area contributed by atoms with E-state index >= 15 is 0 Å². The molecule has 2 aromatic carbocycles. The Bertz CT molecular complexity index is 925. The number of nitrogens with zero attached hydrogens (tertiary/aromatic N) is 1. The molecule has 1 saturated heterocycles. The third-order valence-electron chi connectivity index (χ3n) is 5.14. The van der Waals surface area contributed by atoms with Crippen LogP contribution in [0.2, 0.25) is 5.02 Å². The number of benzene rings is 2. The van der Waals surface area contributed by atoms with E-state index in [2.05, 4.69) is 5.32 Å². The first kappa shape index (κ1) is 18.6. The van der Waals surface area contributed by atoms with Gasteiger partial charge in [0.2, 0.25) is 5.75 Å². The van der Waals surface area contributed by atoms with Crippen LogP contribution in [-0.4, -0.2) is 33.1 Å². The van der Waals surface area contributed by atoms with Crippen molar-refractivity contribution in [2.45, 2.75) is 25.1 Å². The minimum absolute atomic E-state index is 0.182. The zero-order chi connectivity index (χ0) is 20.1. The van der Waals surface area contributed by atoms with Crippen molar-refractivity contribution >= 4 is 23.3 Å². The molecule has 8 heteroatoms. The maximum absolute atomic E-state index is 13.1. The standard InChI is InChI=1S/C20H21ClN2O5/c1-20-10-14(13-7-11(21)5-6-15(13)28-20)22-19(24)23(20)12-8-16(25-2)18(27-4)17(9-12)26-3/h5-9,14H,10H2,1-4H3,(H,22,24)/t14?,20-/m0/s1. The summed E-state index contributed by atoms with van der Waals surface area (Å²) in [5.41, 5.74) is 0.562. The maximum Gasteiger partial charge on any atom is 0.325 e. The van der Waals surface area contributed by atoms with Crippen LogP contribution in [0.4, 0.5) is 10.5 Å². The predicted molar refractivity (Wildman–Crippen MR) is 105 cm³/mol. The minimum Gasteiger partial charge on any atom is -0.493 e. The third-order valence-corrected chi connectivity index (χ3v) is 5.38. The summed E-state index contributed by atoms with van der Waals surface area (Å²) in [5, 5.41) is 3.65. The molecule has 0 aliphatic carbocycles. The number of methoxy groups -OCH3 is 3. The van der Waals surface area contributed by atoms with Crippen molar-refractivity contribution in [2.24, 2.45) is 0 Å². The number of fused-ring (bicyclic) bond motifs is 4. The number of hydrogen-bond donors (Lipinski definition) is 1. The monoisotopic (exact) mass is 404 g/mol. The molecule has 1 fully saturated rings. The van der Waals surface area contributed by atoms with Crippen LogP contribution >= 0.6 is 11.6 Å². The molecule has 1 N–H and O–H groups in total. The average Bonchev–Trinajstić information content (AvgIpc) is 2.67. The molecule has 2 aliphatic rings. The van der Waals surface area contributed by atoms with E-state index in [4.69, 9.17) is 30.5 Å². The van der Waals surface area contributed by atoms with E-state index in [0.29, 0.717) is 40.1 Å². The molecule has 2 aromatic rings. The second-order valence-corrected chi connectivity index (χ2v) is 7.32. The molecule has 2 aliphatic heterocycles. The van der Waals surface area contributed by atoms with E-state index in [1.54, 1.807) is 23.1 Å².